The summed E-state index contributed by atoms with van der Waals surface area (Å²) in [4.78, 5) is 13.2. The second-order valence-corrected chi connectivity index (χ2v) is 6.50. The quantitative estimate of drug-likeness (QED) is 0.894. The van der Waals surface area contributed by atoms with Gasteiger partial charge < -0.3 is 10.6 Å². The molecular formula is C15H19ClN2OS. The minimum absolute atomic E-state index is 0. The zero-order valence-electron chi connectivity index (χ0n) is 11.4. The number of carbonyl (C=O) groups excluding carboxylic acids is 1. The Bertz CT molecular complexity index is 572. The molecule has 2 heterocycles. The minimum Gasteiger partial charge on any atom is -0.346 e. The molecule has 1 aliphatic rings. The Labute approximate surface area is 129 Å². The normalized spacial score (nSPS) is 17.4. The number of nitrogens with one attached hydrogen (secondary N) is 2. The molecule has 3 nitrogen and oxygen atoms in total. The van der Waals surface area contributed by atoms with Crippen molar-refractivity contribution in [2.24, 2.45) is 0 Å². The minimum atomic E-state index is -0.0709. The third kappa shape index (κ3) is 3.14. The van der Waals surface area contributed by atoms with Crippen LogP contribution in [0.4, 0.5) is 0 Å². The van der Waals surface area contributed by atoms with E-state index in [0.717, 1.165) is 36.2 Å². The lowest BCUT2D eigenvalue weighted by Gasteiger charge is -2.34. The van der Waals surface area contributed by atoms with Gasteiger partial charge in [-0.2, -0.15) is 0 Å². The van der Waals surface area contributed by atoms with Gasteiger partial charge in [0.05, 0.1) is 4.88 Å². The van der Waals surface area contributed by atoms with Crippen molar-refractivity contribution in [2.75, 3.05) is 13.1 Å². The zero-order chi connectivity index (χ0) is 13.3. The summed E-state index contributed by atoms with van der Waals surface area (Å²) in [5, 5.41) is 7.68. The van der Waals surface area contributed by atoms with E-state index in [9.17, 15) is 4.79 Å². The SMILES string of the molecule is CC1(NC(=O)c2cc3ccccc3s2)CCNCC1.Cl. The number of carbonyl (C=O) groups is 1. The van der Waals surface area contributed by atoms with Gasteiger partial charge in [-0.05, 0) is 50.4 Å². The highest BCUT2D eigenvalue weighted by Gasteiger charge is 2.29. The summed E-state index contributed by atoms with van der Waals surface area (Å²) >= 11 is 1.56. The molecule has 0 spiro atoms. The molecule has 0 bridgehead atoms. The van der Waals surface area contributed by atoms with Gasteiger partial charge in [-0.15, -0.1) is 23.7 Å². The molecule has 1 amide bonds. The number of amides is 1. The summed E-state index contributed by atoms with van der Waals surface area (Å²) in [7, 11) is 0. The third-order valence-electron chi connectivity index (χ3n) is 3.77. The van der Waals surface area contributed by atoms with Crippen LogP contribution in [0.3, 0.4) is 0 Å². The molecule has 0 atom stereocenters. The van der Waals surface area contributed by atoms with E-state index in [2.05, 4.69) is 29.7 Å². The van der Waals surface area contributed by atoms with Gasteiger partial charge in [0.15, 0.2) is 0 Å². The molecule has 1 aromatic heterocycles. The highest BCUT2D eigenvalue weighted by atomic mass is 35.5. The number of hydrogen-bond acceptors (Lipinski definition) is 3. The van der Waals surface area contributed by atoms with Gasteiger partial charge in [0.25, 0.3) is 5.91 Å². The number of fused-ring (bicyclic) bond motifs is 1. The maximum atomic E-state index is 12.4. The molecule has 0 saturated carbocycles. The predicted octanol–water partition coefficient (Wildman–Crippen LogP) is 3.20. The fourth-order valence-corrected chi connectivity index (χ4v) is 3.49. The van der Waals surface area contributed by atoms with E-state index in [4.69, 9.17) is 0 Å². The summed E-state index contributed by atoms with van der Waals surface area (Å²) in [5.41, 5.74) is -0.0709. The monoisotopic (exact) mass is 310 g/mol. The number of rotatable bonds is 2. The van der Waals surface area contributed by atoms with Crippen LogP contribution in [0.25, 0.3) is 10.1 Å². The van der Waals surface area contributed by atoms with Gasteiger partial charge >= 0.3 is 0 Å². The van der Waals surface area contributed by atoms with Crippen LogP contribution in [0.1, 0.15) is 29.4 Å². The number of piperidine rings is 1. The molecule has 0 aliphatic carbocycles. The van der Waals surface area contributed by atoms with Crippen LogP contribution < -0.4 is 10.6 Å². The molecule has 1 aliphatic heterocycles. The molecule has 2 aromatic rings. The van der Waals surface area contributed by atoms with Gasteiger partial charge in [-0.1, -0.05) is 18.2 Å². The first-order chi connectivity index (χ1) is 9.16. The Morgan fingerprint density at radius 3 is 2.70 bits per heavy atom. The van der Waals surface area contributed by atoms with Crippen LogP contribution in [0.15, 0.2) is 30.3 Å². The van der Waals surface area contributed by atoms with Gasteiger partial charge in [0, 0.05) is 10.2 Å². The van der Waals surface area contributed by atoms with Crippen molar-refractivity contribution < 1.29 is 4.79 Å². The maximum Gasteiger partial charge on any atom is 0.261 e. The van der Waals surface area contributed by atoms with Crippen LogP contribution >= 0.6 is 23.7 Å². The Balaban J connectivity index is 0.00000147. The summed E-state index contributed by atoms with van der Waals surface area (Å²) in [6.07, 6.45) is 1.98. The van der Waals surface area contributed by atoms with Crippen LogP contribution in [-0.2, 0) is 0 Å². The van der Waals surface area contributed by atoms with Crippen LogP contribution in [-0.4, -0.2) is 24.5 Å². The summed E-state index contributed by atoms with van der Waals surface area (Å²) in [6.45, 7) is 4.09. The highest BCUT2D eigenvalue weighted by Crippen LogP contribution is 2.26. The van der Waals surface area contributed by atoms with Crippen molar-refractivity contribution in [2.45, 2.75) is 25.3 Å². The van der Waals surface area contributed by atoms with Crippen LogP contribution in [0.5, 0.6) is 0 Å². The Kier molecular flexibility index (Phi) is 4.68. The van der Waals surface area contributed by atoms with Crippen molar-refractivity contribution in [1.29, 1.82) is 0 Å². The Hall–Kier alpha value is -1.10. The van der Waals surface area contributed by atoms with Crippen molar-refractivity contribution >= 4 is 39.7 Å². The molecule has 1 saturated heterocycles. The number of benzene rings is 1. The largest absolute Gasteiger partial charge is 0.346 e. The smallest absolute Gasteiger partial charge is 0.261 e. The Morgan fingerprint density at radius 2 is 2.00 bits per heavy atom. The average molecular weight is 311 g/mol. The van der Waals surface area contributed by atoms with Crippen molar-refractivity contribution in [3.8, 4) is 0 Å². The molecule has 1 fully saturated rings. The third-order valence-corrected chi connectivity index (χ3v) is 4.89. The first-order valence-corrected chi connectivity index (χ1v) is 7.50. The highest BCUT2D eigenvalue weighted by molar-refractivity contribution is 7.20. The lowest BCUT2D eigenvalue weighted by Crippen LogP contribution is -2.52. The van der Waals surface area contributed by atoms with E-state index in [1.54, 1.807) is 11.3 Å². The van der Waals surface area contributed by atoms with E-state index in [0.29, 0.717) is 0 Å². The van der Waals surface area contributed by atoms with E-state index < -0.39 is 0 Å². The Morgan fingerprint density at radius 1 is 1.30 bits per heavy atom. The topological polar surface area (TPSA) is 41.1 Å². The van der Waals surface area contributed by atoms with E-state index >= 15 is 0 Å². The summed E-state index contributed by atoms with van der Waals surface area (Å²) in [5.74, 6) is 0.0607. The lowest BCUT2D eigenvalue weighted by atomic mass is 9.90. The van der Waals surface area contributed by atoms with Gasteiger partial charge in [-0.25, -0.2) is 0 Å². The van der Waals surface area contributed by atoms with E-state index in [-0.39, 0.29) is 23.9 Å². The first-order valence-electron chi connectivity index (χ1n) is 6.68. The second-order valence-electron chi connectivity index (χ2n) is 5.41. The number of hydrogen-bond donors (Lipinski definition) is 2. The first kappa shape index (κ1) is 15.3. The standard InChI is InChI=1S/C15H18N2OS.ClH/c1-15(6-8-16-9-7-15)17-14(18)13-10-11-4-2-3-5-12(11)19-13;/h2-5,10,16H,6-9H2,1H3,(H,17,18);1H. The van der Waals surface area contributed by atoms with E-state index in [1.807, 2.05) is 18.2 Å². The molecule has 1 aromatic carbocycles. The van der Waals surface area contributed by atoms with E-state index in [1.165, 1.54) is 4.70 Å². The molecule has 0 unspecified atom stereocenters. The number of thiophene rings is 1. The molecule has 5 heteroatoms. The van der Waals surface area contributed by atoms with Crippen molar-refractivity contribution in [3.05, 3.63) is 35.2 Å². The summed E-state index contributed by atoms with van der Waals surface area (Å²) in [6, 6.07) is 10.1. The molecule has 3 rings (SSSR count). The predicted molar refractivity (Wildman–Crippen MR) is 87.0 cm³/mol. The molecule has 2 N–H and O–H groups in total. The van der Waals surface area contributed by atoms with Gasteiger partial charge in [-0.3, -0.25) is 4.79 Å². The number of halogens is 1. The fourth-order valence-electron chi connectivity index (χ4n) is 2.53. The van der Waals surface area contributed by atoms with Crippen molar-refractivity contribution in [3.63, 3.8) is 0 Å². The van der Waals surface area contributed by atoms with Gasteiger partial charge in [0.2, 0.25) is 0 Å². The van der Waals surface area contributed by atoms with Crippen LogP contribution in [0, 0.1) is 0 Å². The van der Waals surface area contributed by atoms with Crippen LogP contribution in [0.2, 0.25) is 0 Å². The average Bonchev–Trinajstić information content (AvgIpc) is 2.83. The second kappa shape index (κ2) is 6.12. The molecule has 20 heavy (non-hydrogen) atoms. The fraction of sp³-hybridized carbons (Fsp3) is 0.400. The molecule has 108 valence electrons. The molecular weight excluding hydrogens is 292 g/mol. The lowest BCUT2D eigenvalue weighted by molar-refractivity contribution is 0.0892. The molecule has 0 radical (unpaired) electrons. The van der Waals surface area contributed by atoms with Gasteiger partial charge in [0.1, 0.15) is 0 Å². The maximum absolute atomic E-state index is 12.4. The summed E-state index contributed by atoms with van der Waals surface area (Å²) < 4.78 is 1.17. The zero-order valence-corrected chi connectivity index (χ0v) is 13.1. The van der Waals surface area contributed by atoms with Crippen molar-refractivity contribution in [1.82, 2.24) is 10.6 Å².